The van der Waals surface area contributed by atoms with Crippen molar-refractivity contribution in [1.29, 1.82) is 0 Å². The second-order valence-corrected chi connectivity index (χ2v) is 6.91. The predicted molar refractivity (Wildman–Crippen MR) is 96.0 cm³/mol. The van der Waals surface area contributed by atoms with Gasteiger partial charge >= 0.3 is 6.18 Å². The van der Waals surface area contributed by atoms with Crippen LogP contribution in [-0.4, -0.2) is 17.1 Å². The highest BCUT2D eigenvalue weighted by Gasteiger charge is 2.42. The highest BCUT2D eigenvalue weighted by Crippen LogP contribution is 2.36. The van der Waals surface area contributed by atoms with E-state index < -0.39 is 39.6 Å². The molecule has 0 aliphatic rings. The van der Waals surface area contributed by atoms with Crippen LogP contribution in [0, 0.1) is 5.82 Å². The predicted octanol–water partition coefficient (Wildman–Crippen LogP) is 6.30. The summed E-state index contributed by atoms with van der Waals surface area (Å²) in [6.45, 7) is 0. The van der Waals surface area contributed by atoms with Crippen LogP contribution >= 0.6 is 34.8 Å². The summed E-state index contributed by atoms with van der Waals surface area (Å²) in [6, 6.07) is 5.23. The first kappa shape index (κ1) is 19.8. The molecule has 3 aromatic rings. The summed E-state index contributed by atoms with van der Waals surface area (Å²) in [6.07, 6.45) is -4.87. The summed E-state index contributed by atoms with van der Waals surface area (Å²) in [7, 11) is 0. The molecule has 0 fully saturated rings. The summed E-state index contributed by atoms with van der Waals surface area (Å²) in [4.78, 5) is 15.1. The molecule has 1 aromatic heterocycles. The summed E-state index contributed by atoms with van der Waals surface area (Å²) in [5.41, 5.74) is -0.101. The first-order valence-corrected chi connectivity index (χ1v) is 8.50. The van der Waals surface area contributed by atoms with Crippen molar-refractivity contribution in [2.24, 2.45) is 0 Å². The van der Waals surface area contributed by atoms with Crippen LogP contribution in [0.25, 0.3) is 10.9 Å². The van der Waals surface area contributed by atoms with Gasteiger partial charge in [-0.25, -0.2) is 4.39 Å². The third-order valence-electron chi connectivity index (χ3n) is 3.77. The number of aromatic amines is 1. The monoisotopic (exact) mass is 438 g/mol. The van der Waals surface area contributed by atoms with E-state index in [0.717, 1.165) is 12.1 Å². The van der Waals surface area contributed by atoms with Crippen LogP contribution in [0.2, 0.25) is 15.1 Å². The van der Waals surface area contributed by atoms with Crippen molar-refractivity contribution >= 4 is 51.6 Å². The number of alkyl halides is 3. The Kier molecular flexibility index (Phi) is 5.29. The van der Waals surface area contributed by atoms with E-state index in [4.69, 9.17) is 34.8 Å². The van der Waals surface area contributed by atoms with Crippen LogP contribution in [0.5, 0.6) is 0 Å². The standard InChI is InChI=1S/C17H9Cl3F4N2O/c18-9-2-1-7-5-13(25-12(7)6-9)16(27)26-15(17(22,23)24)8-3-10(19)14(21)11(20)4-8/h1-6,15,25H,(H,26,27). The number of nitrogens with one attached hydrogen (secondary N) is 2. The number of fused-ring (bicyclic) bond motifs is 1. The summed E-state index contributed by atoms with van der Waals surface area (Å²) < 4.78 is 53.9. The Bertz CT molecular complexity index is 1010. The van der Waals surface area contributed by atoms with Gasteiger partial charge in [-0.05, 0) is 35.9 Å². The normalized spacial score (nSPS) is 13.0. The quantitative estimate of drug-likeness (QED) is 0.365. The van der Waals surface area contributed by atoms with Crippen molar-refractivity contribution in [1.82, 2.24) is 10.3 Å². The van der Waals surface area contributed by atoms with Gasteiger partial charge in [0.25, 0.3) is 5.91 Å². The molecular formula is C17H9Cl3F4N2O. The third kappa shape index (κ3) is 4.15. The van der Waals surface area contributed by atoms with E-state index in [1.165, 1.54) is 12.1 Å². The average molecular weight is 440 g/mol. The van der Waals surface area contributed by atoms with E-state index >= 15 is 0 Å². The molecule has 0 saturated carbocycles. The average Bonchev–Trinajstić information content (AvgIpc) is 2.99. The largest absolute Gasteiger partial charge is 0.412 e. The second kappa shape index (κ2) is 7.22. The fraction of sp³-hybridized carbons (Fsp3) is 0.118. The van der Waals surface area contributed by atoms with Crippen molar-refractivity contribution in [3.63, 3.8) is 0 Å². The van der Waals surface area contributed by atoms with Gasteiger partial charge in [-0.1, -0.05) is 40.9 Å². The SMILES string of the molecule is O=C(NC(c1cc(Cl)c(F)c(Cl)c1)C(F)(F)F)c1cc2ccc(Cl)cc2[nH]1. The molecule has 0 radical (unpaired) electrons. The van der Waals surface area contributed by atoms with Crippen LogP contribution < -0.4 is 5.32 Å². The lowest BCUT2D eigenvalue weighted by molar-refractivity contribution is -0.155. The number of benzene rings is 2. The molecule has 3 nitrogen and oxygen atoms in total. The van der Waals surface area contributed by atoms with Crippen molar-refractivity contribution in [2.75, 3.05) is 0 Å². The van der Waals surface area contributed by atoms with Gasteiger partial charge in [0.15, 0.2) is 11.9 Å². The summed E-state index contributed by atoms with van der Waals surface area (Å²) in [5.74, 6) is -2.05. The first-order valence-electron chi connectivity index (χ1n) is 7.36. The second-order valence-electron chi connectivity index (χ2n) is 5.66. The molecule has 2 aromatic carbocycles. The zero-order chi connectivity index (χ0) is 19.9. The maximum absolute atomic E-state index is 13.5. The Morgan fingerprint density at radius 1 is 1.04 bits per heavy atom. The highest BCUT2D eigenvalue weighted by atomic mass is 35.5. The van der Waals surface area contributed by atoms with E-state index in [0.29, 0.717) is 15.9 Å². The molecule has 0 saturated heterocycles. The molecule has 1 heterocycles. The lowest BCUT2D eigenvalue weighted by atomic mass is 10.1. The molecule has 0 aliphatic carbocycles. The smallest absolute Gasteiger partial charge is 0.350 e. The third-order valence-corrected chi connectivity index (χ3v) is 4.56. The molecule has 10 heteroatoms. The van der Waals surface area contributed by atoms with Crippen molar-refractivity contribution in [3.8, 4) is 0 Å². The number of hydrogen-bond acceptors (Lipinski definition) is 1. The van der Waals surface area contributed by atoms with E-state index in [1.54, 1.807) is 12.1 Å². The molecule has 0 bridgehead atoms. The molecule has 1 unspecified atom stereocenters. The van der Waals surface area contributed by atoms with Gasteiger partial charge in [0.05, 0.1) is 10.0 Å². The Hall–Kier alpha value is -1.96. The Morgan fingerprint density at radius 2 is 1.67 bits per heavy atom. The molecule has 0 spiro atoms. The highest BCUT2D eigenvalue weighted by molar-refractivity contribution is 6.35. The number of rotatable bonds is 3. The minimum atomic E-state index is -4.87. The molecule has 1 amide bonds. The van der Waals surface area contributed by atoms with Gasteiger partial charge in [-0.2, -0.15) is 13.2 Å². The number of amides is 1. The van der Waals surface area contributed by atoms with Gasteiger partial charge in [-0.3, -0.25) is 4.79 Å². The summed E-state index contributed by atoms with van der Waals surface area (Å²) in [5, 5.41) is 1.71. The molecule has 142 valence electrons. The number of halogens is 7. The molecule has 1 atom stereocenters. The van der Waals surface area contributed by atoms with Gasteiger partial charge in [0.1, 0.15) is 5.69 Å². The number of carbonyl (C=O) groups excluding carboxylic acids is 1. The summed E-state index contributed by atoms with van der Waals surface area (Å²) >= 11 is 17.0. The van der Waals surface area contributed by atoms with Gasteiger partial charge in [0.2, 0.25) is 0 Å². The molecule has 27 heavy (non-hydrogen) atoms. The van der Waals surface area contributed by atoms with Crippen molar-refractivity contribution in [2.45, 2.75) is 12.2 Å². The van der Waals surface area contributed by atoms with E-state index in [2.05, 4.69) is 4.98 Å². The Balaban J connectivity index is 1.95. The van der Waals surface area contributed by atoms with Crippen LogP contribution in [0.4, 0.5) is 17.6 Å². The topological polar surface area (TPSA) is 44.9 Å². The van der Waals surface area contributed by atoms with Crippen LogP contribution in [0.1, 0.15) is 22.1 Å². The van der Waals surface area contributed by atoms with E-state index in [9.17, 15) is 22.4 Å². The fourth-order valence-corrected chi connectivity index (χ4v) is 3.20. The number of carbonyl (C=O) groups is 1. The number of H-pyrrole nitrogens is 1. The Morgan fingerprint density at radius 3 is 2.26 bits per heavy atom. The molecular weight excluding hydrogens is 431 g/mol. The van der Waals surface area contributed by atoms with Gasteiger partial charge < -0.3 is 10.3 Å². The minimum absolute atomic E-state index is 0.0965. The van der Waals surface area contributed by atoms with Crippen LogP contribution in [0.15, 0.2) is 36.4 Å². The molecule has 0 aliphatic heterocycles. The van der Waals surface area contributed by atoms with Crippen LogP contribution in [0.3, 0.4) is 0 Å². The lowest BCUT2D eigenvalue weighted by Crippen LogP contribution is -2.38. The number of hydrogen-bond donors (Lipinski definition) is 2. The van der Waals surface area contributed by atoms with Crippen molar-refractivity contribution < 1.29 is 22.4 Å². The van der Waals surface area contributed by atoms with E-state index in [-0.39, 0.29) is 5.69 Å². The first-order chi connectivity index (χ1) is 12.6. The van der Waals surface area contributed by atoms with Crippen molar-refractivity contribution in [3.05, 3.63) is 68.5 Å². The van der Waals surface area contributed by atoms with Gasteiger partial charge in [0, 0.05) is 15.9 Å². The zero-order valence-corrected chi connectivity index (χ0v) is 15.4. The maximum atomic E-state index is 13.5. The Labute approximate surface area is 165 Å². The van der Waals surface area contributed by atoms with E-state index in [1.807, 2.05) is 5.32 Å². The lowest BCUT2D eigenvalue weighted by Gasteiger charge is -2.22. The fourth-order valence-electron chi connectivity index (χ4n) is 2.53. The van der Waals surface area contributed by atoms with Gasteiger partial charge in [-0.15, -0.1) is 0 Å². The van der Waals surface area contributed by atoms with Crippen LogP contribution in [-0.2, 0) is 0 Å². The molecule has 2 N–H and O–H groups in total. The zero-order valence-electron chi connectivity index (χ0n) is 13.1. The maximum Gasteiger partial charge on any atom is 0.412 e. The molecule has 3 rings (SSSR count). The number of aromatic nitrogens is 1. The minimum Gasteiger partial charge on any atom is -0.350 e.